The van der Waals surface area contributed by atoms with Crippen LogP contribution in [0.25, 0.3) is 6.08 Å². The lowest BCUT2D eigenvalue weighted by atomic mass is 10.1. The zero-order valence-corrected chi connectivity index (χ0v) is 12.9. The molecule has 1 aromatic heterocycles. The smallest absolute Gasteiger partial charge is 0.246 e. The molecular formula is C14H21ClN4O. The Balaban J connectivity index is 2.05. The molecule has 6 heteroatoms. The Morgan fingerprint density at radius 1 is 1.55 bits per heavy atom. The highest BCUT2D eigenvalue weighted by Gasteiger charge is 2.21. The molecule has 0 spiro atoms. The molecule has 1 unspecified atom stereocenters. The van der Waals surface area contributed by atoms with E-state index in [0.717, 1.165) is 37.2 Å². The van der Waals surface area contributed by atoms with E-state index in [1.54, 1.807) is 23.9 Å². The molecule has 0 saturated carbocycles. The Bertz CT molecular complexity index is 523. The van der Waals surface area contributed by atoms with E-state index in [9.17, 15) is 4.79 Å². The Morgan fingerprint density at radius 2 is 2.30 bits per heavy atom. The molecule has 0 bridgehead atoms. The van der Waals surface area contributed by atoms with Gasteiger partial charge in [-0.2, -0.15) is 5.10 Å². The van der Waals surface area contributed by atoms with Gasteiger partial charge >= 0.3 is 0 Å². The van der Waals surface area contributed by atoms with E-state index in [1.807, 2.05) is 18.9 Å². The Hall–Kier alpha value is -1.33. The van der Waals surface area contributed by atoms with Crippen molar-refractivity contribution in [2.45, 2.75) is 25.8 Å². The molecule has 0 aromatic carbocycles. The maximum absolute atomic E-state index is 12.2. The second-order valence-corrected chi connectivity index (χ2v) is 5.52. The number of aryl methyl sites for hydroxylation is 2. The predicted octanol–water partition coefficient (Wildman–Crippen LogP) is 1.61. The maximum Gasteiger partial charge on any atom is 0.246 e. The highest BCUT2D eigenvalue weighted by molar-refractivity contribution is 6.31. The molecule has 110 valence electrons. The first-order valence-corrected chi connectivity index (χ1v) is 7.24. The van der Waals surface area contributed by atoms with Gasteiger partial charge in [-0.1, -0.05) is 11.6 Å². The van der Waals surface area contributed by atoms with Crippen LogP contribution in [0.2, 0.25) is 5.15 Å². The van der Waals surface area contributed by atoms with Gasteiger partial charge in [0.25, 0.3) is 0 Å². The summed E-state index contributed by atoms with van der Waals surface area (Å²) in [6.07, 6.45) is 5.51. The summed E-state index contributed by atoms with van der Waals surface area (Å²) >= 11 is 6.14. The van der Waals surface area contributed by atoms with Crippen molar-refractivity contribution in [1.29, 1.82) is 0 Å². The first kappa shape index (κ1) is 15.1. The van der Waals surface area contributed by atoms with Crippen molar-refractivity contribution in [3.05, 3.63) is 22.5 Å². The van der Waals surface area contributed by atoms with Gasteiger partial charge in [-0.3, -0.25) is 9.48 Å². The normalized spacial score (nSPS) is 19.8. The lowest BCUT2D eigenvalue weighted by Gasteiger charge is -2.31. The molecule has 20 heavy (non-hydrogen) atoms. The number of halogens is 1. The van der Waals surface area contributed by atoms with Crippen LogP contribution in [0.15, 0.2) is 6.08 Å². The number of nitrogens with zero attached hydrogens (tertiary/aromatic N) is 3. The topological polar surface area (TPSA) is 50.2 Å². The average Bonchev–Trinajstić information content (AvgIpc) is 2.70. The molecular weight excluding hydrogens is 276 g/mol. The number of aromatic nitrogens is 2. The third kappa shape index (κ3) is 3.22. The van der Waals surface area contributed by atoms with E-state index >= 15 is 0 Å². The quantitative estimate of drug-likeness (QED) is 0.862. The standard InChI is InChI=1S/C14H21ClN4O/c1-10-12(14(15)18(3)17-10)6-7-13(20)19-8-4-5-11(9-19)16-2/h6-7,11,16H,4-5,8-9H2,1-3H3. The zero-order valence-electron chi connectivity index (χ0n) is 12.2. The number of carbonyl (C=O) groups excluding carboxylic acids is 1. The van der Waals surface area contributed by atoms with Crippen molar-refractivity contribution < 1.29 is 4.79 Å². The number of likely N-dealkylation sites (tertiary alicyclic amines) is 1. The lowest BCUT2D eigenvalue weighted by molar-refractivity contribution is -0.127. The highest BCUT2D eigenvalue weighted by atomic mass is 35.5. The van der Waals surface area contributed by atoms with Gasteiger partial charge in [0, 0.05) is 37.8 Å². The molecule has 5 nitrogen and oxygen atoms in total. The number of likely N-dealkylation sites (N-methyl/N-ethyl adjacent to an activating group) is 1. The third-order valence-electron chi connectivity index (χ3n) is 3.73. The number of hydrogen-bond donors (Lipinski definition) is 1. The Kier molecular flexibility index (Phi) is 4.83. The molecule has 1 aliphatic heterocycles. The SMILES string of the molecule is CNC1CCCN(C(=O)C=Cc2c(C)nn(C)c2Cl)C1. The molecule has 0 aliphatic carbocycles. The van der Waals surface area contributed by atoms with Crippen molar-refractivity contribution in [1.82, 2.24) is 20.0 Å². The third-order valence-corrected chi connectivity index (χ3v) is 4.18. The molecule has 1 saturated heterocycles. The molecule has 2 heterocycles. The number of amides is 1. The monoisotopic (exact) mass is 296 g/mol. The number of rotatable bonds is 3. The van der Waals surface area contributed by atoms with Gasteiger partial charge in [0.1, 0.15) is 5.15 Å². The number of nitrogens with one attached hydrogen (secondary N) is 1. The van der Waals surface area contributed by atoms with E-state index < -0.39 is 0 Å². The first-order chi connectivity index (χ1) is 9.52. The van der Waals surface area contributed by atoms with Gasteiger partial charge in [-0.15, -0.1) is 0 Å². The summed E-state index contributed by atoms with van der Waals surface area (Å²) in [5, 5.41) is 8.01. The van der Waals surface area contributed by atoms with Crippen LogP contribution >= 0.6 is 11.6 Å². The zero-order chi connectivity index (χ0) is 14.7. The van der Waals surface area contributed by atoms with Gasteiger partial charge in [0.2, 0.25) is 5.91 Å². The van der Waals surface area contributed by atoms with Gasteiger partial charge in [-0.05, 0) is 32.9 Å². The minimum atomic E-state index is 0.0317. The van der Waals surface area contributed by atoms with Crippen molar-refractivity contribution >= 4 is 23.6 Å². The molecule has 1 amide bonds. The van der Waals surface area contributed by atoms with Gasteiger partial charge in [0.05, 0.1) is 5.69 Å². The average molecular weight is 297 g/mol. The van der Waals surface area contributed by atoms with Crippen molar-refractivity contribution in [3.8, 4) is 0 Å². The lowest BCUT2D eigenvalue weighted by Crippen LogP contribution is -2.46. The van der Waals surface area contributed by atoms with Gasteiger partial charge in [0.15, 0.2) is 0 Å². The fourth-order valence-corrected chi connectivity index (χ4v) is 2.75. The number of hydrogen-bond acceptors (Lipinski definition) is 3. The fraction of sp³-hybridized carbons (Fsp3) is 0.571. The van der Waals surface area contributed by atoms with Crippen molar-refractivity contribution in [2.24, 2.45) is 7.05 Å². The number of piperidine rings is 1. The van der Waals surface area contributed by atoms with E-state index in [0.29, 0.717) is 11.2 Å². The molecule has 2 rings (SSSR count). The van der Waals surface area contributed by atoms with Crippen molar-refractivity contribution in [3.63, 3.8) is 0 Å². The second kappa shape index (κ2) is 6.41. The summed E-state index contributed by atoms with van der Waals surface area (Å²) in [7, 11) is 3.73. The van der Waals surface area contributed by atoms with Crippen molar-refractivity contribution in [2.75, 3.05) is 20.1 Å². The minimum absolute atomic E-state index is 0.0317. The van der Waals surface area contributed by atoms with Crippen LogP contribution in [0.3, 0.4) is 0 Å². The van der Waals surface area contributed by atoms with E-state index in [1.165, 1.54) is 0 Å². The summed E-state index contributed by atoms with van der Waals surface area (Å²) in [5.41, 5.74) is 1.64. The highest BCUT2D eigenvalue weighted by Crippen LogP contribution is 2.20. The maximum atomic E-state index is 12.2. The van der Waals surface area contributed by atoms with Crippen LogP contribution < -0.4 is 5.32 Å². The molecule has 1 aliphatic rings. The van der Waals surface area contributed by atoms with Gasteiger partial charge in [-0.25, -0.2) is 0 Å². The first-order valence-electron chi connectivity index (χ1n) is 6.86. The van der Waals surface area contributed by atoms with Crippen LogP contribution in [0.1, 0.15) is 24.1 Å². The molecule has 1 atom stereocenters. The summed E-state index contributed by atoms with van der Waals surface area (Å²) in [6, 6.07) is 0.393. The van der Waals surface area contributed by atoms with E-state index in [4.69, 9.17) is 11.6 Å². The summed E-state index contributed by atoms with van der Waals surface area (Å²) in [6.45, 7) is 3.47. The summed E-state index contributed by atoms with van der Waals surface area (Å²) < 4.78 is 1.61. The summed E-state index contributed by atoms with van der Waals surface area (Å²) in [4.78, 5) is 14.1. The van der Waals surface area contributed by atoms with Crippen LogP contribution in [0.5, 0.6) is 0 Å². The van der Waals surface area contributed by atoms with Crippen LogP contribution in [-0.2, 0) is 11.8 Å². The Morgan fingerprint density at radius 3 is 2.90 bits per heavy atom. The predicted molar refractivity (Wildman–Crippen MR) is 80.7 cm³/mol. The van der Waals surface area contributed by atoms with E-state index in [-0.39, 0.29) is 5.91 Å². The molecule has 1 fully saturated rings. The second-order valence-electron chi connectivity index (χ2n) is 5.16. The summed E-state index contributed by atoms with van der Waals surface area (Å²) in [5.74, 6) is 0.0317. The molecule has 1 aromatic rings. The van der Waals surface area contributed by atoms with Crippen LogP contribution in [0.4, 0.5) is 0 Å². The number of carbonyl (C=O) groups is 1. The van der Waals surface area contributed by atoms with E-state index in [2.05, 4.69) is 10.4 Å². The van der Waals surface area contributed by atoms with Crippen LogP contribution in [0, 0.1) is 6.92 Å². The van der Waals surface area contributed by atoms with Crippen LogP contribution in [-0.4, -0.2) is 46.8 Å². The Labute approximate surface area is 124 Å². The molecule has 1 N–H and O–H groups in total. The fourth-order valence-electron chi connectivity index (χ4n) is 2.51. The largest absolute Gasteiger partial charge is 0.338 e. The molecule has 0 radical (unpaired) electrons. The minimum Gasteiger partial charge on any atom is -0.338 e. The van der Waals surface area contributed by atoms with Gasteiger partial charge < -0.3 is 10.2 Å².